The Hall–Kier alpha value is -3.79. The number of likely N-dealkylation sites (N-methyl/N-ethyl adjacent to an activating group) is 1. The minimum atomic E-state index is -1.62. The van der Waals surface area contributed by atoms with Crippen molar-refractivity contribution < 1.29 is 42.9 Å². The summed E-state index contributed by atoms with van der Waals surface area (Å²) in [5.74, 6) is -2.25. The van der Waals surface area contributed by atoms with Crippen LogP contribution in [0, 0.1) is 0 Å². The van der Waals surface area contributed by atoms with Crippen molar-refractivity contribution >= 4 is 17.9 Å². The summed E-state index contributed by atoms with van der Waals surface area (Å²) < 4.78 is 22.9. The minimum absolute atomic E-state index is 0.149. The van der Waals surface area contributed by atoms with E-state index in [4.69, 9.17) is 18.9 Å². The zero-order chi connectivity index (χ0) is 73.2. The second kappa shape index (κ2) is 81.9. The third kappa shape index (κ3) is 83.4. The van der Waals surface area contributed by atoms with Crippen LogP contribution in [0.1, 0.15) is 412 Å². The predicted octanol–water partition coefficient (Wildman–Crippen LogP) is 26.9. The number of allylic oxidation sites excluding steroid dienone is 16. The van der Waals surface area contributed by atoms with Crippen molar-refractivity contribution in [1.82, 2.24) is 0 Å². The quantitative estimate of drug-likeness (QED) is 0.0195. The number of carbonyl (C=O) groups excluding carboxylic acids is 3. The van der Waals surface area contributed by atoms with Crippen LogP contribution in [0.3, 0.4) is 0 Å². The fourth-order valence-electron chi connectivity index (χ4n) is 12.8. The smallest absolute Gasteiger partial charge is 0.306 e. The molecule has 0 radical (unpaired) electrons. The summed E-state index contributed by atoms with van der Waals surface area (Å²) in [6, 6.07) is 0. The van der Waals surface area contributed by atoms with E-state index in [9.17, 15) is 19.5 Å². The highest BCUT2D eigenvalue weighted by Gasteiger charge is 2.22. The number of hydrogen-bond donors (Lipinski definition) is 0. The highest BCUT2D eigenvalue weighted by Crippen LogP contribution is 2.20. The van der Waals surface area contributed by atoms with Gasteiger partial charge in [0.05, 0.1) is 40.3 Å². The number of ether oxygens (including phenoxy) is 4. The molecule has 0 fully saturated rings. The van der Waals surface area contributed by atoms with E-state index in [1.54, 1.807) is 0 Å². The van der Waals surface area contributed by atoms with Gasteiger partial charge in [0, 0.05) is 12.8 Å². The molecule has 0 aromatic heterocycles. The summed E-state index contributed by atoms with van der Waals surface area (Å²) in [6.45, 7) is 4.68. The number of aliphatic carboxylic acids is 1. The third-order valence-corrected chi connectivity index (χ3v) is 19.3. The van der Waals surface area contributed by atoms with Crippen molar-refractivity contribution in [2.45, 2.75) is 424 Å². The maximum Gasteiger partial charge on any atom is 0.306 e. The zero-order valence-corrected chi connectivity index (χ0v) is 67.3. The number of quaternary nitrogens is 1. The van der Waals surface area contributed by atoms with Crippen LogP contribution >= 0.6 is 0 Å². The highest BCUT2D eigenvalue weighted by molar-refractivity contribution is 5.70. The maximum atomic E-state index is 13.0. The Morgan fingerprint density at radius 1 is 0.307 bits per heavy atom. The average molecular weight is 1410 g/mol. The fourth-order valence-corrected chi connectivity index (χ4v) is 12.8. The number of rotatable bonds is 81. The van der Waals surface area contributed by atoms with Gasteiger partial charge in [0.25, 0.3) is 0 Å². The van der Waals surface area contributed by atoms with Gasteiger partial charge in [-0.3, -0.25) is 9.59 Å². The number of carboxylic acid groups (broad SMARTS) is 1. The molecule has 2 unspecified atom stereocenters. The molecule has 9 heteroatoms. The lowest BCUT2D eigenvalue weighted by atomic mass is 10.0. The van der Waals surface area contributed by atoms with Crippen molar-refractivity contribution in [2.24, 2.45) is 0 Å². The molecule has 0 bridgehead atoms. The largest absolute Gasteiger partial charge is 0.545 e. The van der Waals surface area contributed by atoms with E-state index in [2.05, 4.69) is 111 Å². The van der Waals surface area contributed by atoms with Crippen LogP contribution in [-0.4, -0.2) is 82.3 Å². The molecule has 586 valence electrons. The van der Waals surface area contributed by atoms with Crippen LogP contribution in [0.5, 0.6) is 0 Å². The average Bonchev–Trinajstić information content (AvgIpc) is 1.21. The molecule has 0 N–H and O–H groups in total. The molecule has 0 spiro atoms. The van der Waals surface area contributed by atoms with Crippen molar-refractivity contribution in [3.8, 4) is 0 Å². The van der Waals surface area contributed by atoms with E-state index in [-0.39, 0.29) is 32.2 Å². The summed E-state index contributed by atoms with van der Waals surface area (Å²) in [6.07, 6.45) is 111. The van der Waals surface area contributed by atoms with Crippen molar-refractivity contribution in [1.29, 1.82) is 0 Å². The van der Waals surface area contributed by atoms with Gasteiger partial charge in [-0.2, -0.15) is 0 Å². The Morgan fingerprint density at radius 2 is 0.564 bits per heavy atom. The zero-order valence-electron chi connectivity index (χ0n) is 67.3. The Morgan fingerprint density at radius 3 is 0.842 bits per heavy atom. The lowest BCUT2D eigenvalue weighted by Crippen LogP contribution is -2.44. The first-order valence-corrected chi connectivity index (χ1v) is 43.4. The Kier molecular flexibility index (Phi) is 78.8. The number of carbonyl (C=O) groups is 3. The van der Waals surface area contributed by atoms with Crippen molar-refractivity contribution in [3.63, 3.8) is 0 Å². The molecule has 0 aromatic carbocycles. The van der Waals surface area contributed by atoms with Gasteiger partial charge in [-0.05, 0) is 96.3 Å². The number of hydrogen-bond acceptors (Lipinski definition) is 8. The van der Waals surface area contributed by atoms with Gasteiger partial charge in [0.2, 0.25) is 0 Å². The van der Waals surface area contributed by atoms with Gasteiger partial charge in [-0.25, -0.2) is 0 Å². The van der Waals surface area contributed by atoms with Crippen molar-refractivity contribution in [2.75, 3.05) is 47.5 Å². The second-order valence-corrected chi connectivity index (χ2v) is 30.4. The van der Waals surface area contributed by atoms with Crippen LogP contribution in [0.2, 0.25) is 0 Å². The molecule has 101 heavy (non-hydrogen) atoms. The molecule has 0 amide bonds. The fraction of sp³-hybridized carbons (Fsp3) is 0.793. The minimum Gasteiger partial charge on any atom is -0.545 e. The van der Waals surface area contributed by atoms with E-state index >= 15 is 0 Å². The molecule has 2 atom stereocenters. The first kappa shape index (κ1) is 97.2. The summed E-state index contributed by atoms with van der Waals surface area (Å²) in [5, 5.41) is 11.9. The molecule has 9 nitrogen and oxygen atoms in total. The van der Waals surface area contributed by atoms with Gasteiger partial charge in [0.1, 0.15) is 13.2 Å². The molecule has 0 heterocycles. The second-order valence-electron chi connectivity index (χ2n) is 30.4. The van der Waals surface area contributed by atoms with E-state index < -0.39 is 24.3 Å². The third-order valence-electron chi connectivity index (χ3n) is 19.3. The highest BCUT2D eigenvalue weighted by atomic mass is 16.7. The molecule has 0 saturated carbocycles. The van der Waals surface area contributed by atoms with Gasteiger partial charge in [0.15, 0.2) is 12.4 Å². The Balaban J connectivity index is 3.94. The monoisotopic (exact) mass is 1410 g/mol. The van der Waals surface area contributed by atoms with Crippen LogP contribution in [0.25, 0.3) is 0 Å². The molecule has 0 aliphatic carbocycles. The molecule has 0 aliphatic heterocycles. The van der Waals surface area contributed by atoms with Crippen LogP contribution in [-0.2, 0) is 33.3 Å². The topological polar surface area (TPSA) is 111 Å². The summed E-state index contributed by atoms with van der Waals surface area (Å²) in [5.41, 5.74) is 0. The van der Waals surface area contributed by atoms with Crippen LogP contribution in [0.15, 0.2) is 97.2 Å². The van der Waals surface area contributed by atoms with Crippen molar-refractivity contribution in [3.05, 3.63) is 97.2 Å². The molecular formula is C92H165NO8. The standard InChI is InChI=1S/C92H165NO8/c1-6-8-10-12-14-16-18-20-22-24-26-28-30-32-34-36-38-40-42-44-45-47-49-51-53-55-57-59-61-63-65-67-69-71-73-75-77-79-81-83-90(95)101-88(87-100-92(91(96)97)98-85-84-93(3,4)5)86-99-89(94)82-80-78-76-74-72-70-68-66-64-62-60-58-56-54-52-50-48-46-43-41-39-37-35-33-31-29-27-25-23-21-19-17-15-13-11-9-7-2/h8,10,14,16,19-22,25-28,31-34,88,92H,6-7,9,11-13,15,17-18,23-24,29-30,35-87H2,1-5H3/b10-8-,16-14-,21-19-,22-20-,27-25-,28-26-,33-31-,34-32-. The van der Waals surface area contributed by atoms with E-state index in [1.165, 1.54) is 302 Å². The van der Waals surface area contributed by atoms with E-state index in [1.807, 2.05) is 21.1 Å². The number of esters is 2. The first-order valence-electron chi connectivity index (χ1n) is 43.4. The number of unbranched alkanes of at least 4 members (excludes halogenated alkanes) is 50. The molecule has 0 saturated heterocycles. The van der Waals surface area contributed by atoms with Gasteiger partial charge in [-0.15, -0.1) is 0 Å². The molecule has 0 aromatic rings. The van der Waals surface area contributed by atoms with E-state index in [0.29, 0.717) is 23.9 Å². The predicted molar refractivity (Wildman–Crippen MR) is 435 cm³/mol. The molecule has 0 aliphatic rings. The SMILES string of the molecule is CC/C=C\C/C=C\C/C=C\C/C=C\C/C=C\CCCCCCCCCCCCCCCCCCCCCCCCCC(=O)OC(COC(=O)CCCCCCCCCCCCCCCCCCCCCCCC/C=C\C/C=C\C/C=C\CCCCCCC)COC(OCC[N+](C)(C)C)C(=O)[O-]. The first-order chi connectivity index (χ1) is 49.6. The van der Waals surface area contributed by atoms with Crippen LogP contribution in [0.4, 0.5) is 0 Å². The van der Waals surface area contributed by atoms with Gasteiger partial charge < -0.3 is 33.3 Å². The number of carboxylic acids is 1. The lowest BCUT2D eigenvalue weighted by molar-refractivity contribution is -0.870. The normalized spacial score (nSPS) is 13.1. The van der Waals surface area contributed by atoms with Gasteiger partial charge >= 0.3 is 11.9 Å². The summed E-state index contributed by atoms with van der Waals surface area (Å²) in [7, 11) is 5.95. The summed E-state index contributed by atoms with van der Waals surface area (Å²) >= 11 is 0. The molecule has 0 rings (SSSR count). The Bertz CT molecular complexity index is 1990. The van der Waals surface area contributed by atoms with Crippen LogP contribution < -0.4 is 5.11 Å². The Labute approximate surface area is 626 Å². The summed E-state index contributed by atoms with van der Waals surface area (Å²) in [4.78, 5) is 37.7. The van der Waals surface area contributed by atoms with Gasteiger partial charge in [-0.1, -0.05) is 400 Å². The lowest BCUT2D eigenvalue weighted by Gasteiger charge is -2.26. The molecular weight excluding hydrogens is 1250 g/mol. The van der Waals surface area contributed by atoms with E-state index in [0.717, 1.165) is 77.0 Å². The maximum absolute atomic E-state index is 13.0. The number of nitrogens with zero attached hydrogens (tertiary/aromatic N) is 1.